The van der Waals surface area contributed by atoms with E-state index in [1.807, 2.05) is 13.8 Å². The Morgan fingerprint density at radius 2 is 1.84 bits per heavy atom. The van der Waals surface area contributed by atoms with Gasteiger partial charge in [-0.05, 0) is 39.5 Å². The fourth-order valence-electron chi connectivity index (χ4n) is 1.58. The van der Waals surface area contributed by atoms with Crippen LogP contribution in [0.25, 0.3) is 0 Å². The van der Waals surface area contributed by atoms with Crippen molar-refractivity contribution in [2.24, 2.45) is 5.92 Å². The minimum absolute atomic E-state index is 0.163. The minimum Gasteiger partial charge on any atom is -0.444 e. The molecule has 0 aliphatic carbocycles. The molecule has 114 valence electrons. The summed E-state index contributed by atoms with van der Waals surface area (Å²) in [6, 6.07) is -0.336. The van der Waals surface area contributed by atoms with Crippen LogP contribution in [-0.2, 0) is 14.9 Å². The van der Waals surface area contributed by atoms with Crippen molar-refractivity contribution in [1.82, 2.24) is 5.32 Å². The summed E-state index contributed by atoms with van der Waals surface area (Å²) >= 11 is 0. The maximum absolute atomic E-state index is 11.6. The summed E-state index contributed by atoms with van der Waals surface area (Å²) in [4.78, 5) is 11.6. The summed E-state index contributed by atoms with van der Waals surface area (Å²) in [6.45, 7) is 9.20. The average Bonchev–Trinajstić information content (AvgIpc) is 2.08. The number of carbonyl (C=O) groups excluding carboxylic acids is 1. The molecule has 0 heterocycles. The molecule has 0 bridgehead atoms. The van der Waals surface area contributed by atoms with Gasteiger partial charge in [0.2, 0.25) is 0 Å². The smallest absolute Gasteiger partial charge is 0.407 e. The Morgan fingerprint density at radius 3 is 2.21 bits per heavy atom. The van der Waals surface area contributed by atoms with Crippen LogP contribution in [0.2, 0.25) is 0 Å². The lowest BCUT2D eigenvalue weighted by atomic mass is 10.0. The van der Waals surface area contributed by atoms with Crippen molar-refractivity contribution in [1.29, 1.82) is 0 Å². The van der Waals surface area contributed by atoms with E-state index in [0.717, 1.165) is 0 Å². The van der Waals surface area contributed by atoms with E-state index in [2.05, 4.69) is 5.32 Å². The molecule has 0 saturated carbocycles. The van der Waals surface area contributed by atoms with Gasteiger partial charge in [0.25, 0.3) is 10.1 Å². The van der Waals surface area contributed by atoms with Gasteiger partial charge in [-0.2, -0.15) is 8.42 Å². The van der Waals surface area contributed by atoms with Crippen molar-refractivity contribution < 1.29 is 22.5 Å². The Bertz CT molecular complexity index is 383. The van der Waals surface area contributed by atoms with Gasteiger partial charge in [0.15, 0.2) is 0 Å². The molecule has 0 radical (unpaired) electrons. The topological polar surface area (TPSA) is 92.7 Å². The van der Waals surface area contributed by atoms with E-state index in [-0.39, 0.29) is 18.2 Å². The number of amides is 1. The zero-order valence-electron chi connectivity index (χ0n) is 12.3. The highest BCUT2D eigenvalue weighted by molar-refractivity contribution is 7.85. The van der Waals surface area contributed by atoms with E-state index >= 15 is 0 Å². The Labute approximate surface area is 115 Å². The highest BCUT2D eigenvalue weighted by Crippen LogP contribution is 2.11. The largest absolute Gasteiger partial charge is 0.444 e. The molecule has 0 fully saturated rings. The van der Waals surface area contributed by atoms with Crippen LogP contribution in [0.3, 0.4) is 0 Å². The van der Waals surface area contributed by atoms with E-state index in [9.17, 15) is 13.2 Å². The van der Waals surface area contributed by atoms with Crippen molar-refractivity contribution >= 4 is 16.2 Å². The van der Waals surface area contributed by atoms with Crippen LogP contribution in [0.15, 0.2) is 0 Å². The quantitative estimate of drug-likeness (QED) is 0.733. The second-order valence-electron chi connectivity index (χ2n) is 6.05. The summed E-state index contributed by atoms with van der Waals surface area (Å²) in [5.74, 6) is -0.0819. The molecule has 19 heavy (non-hydrogen) atoms. The molecule has 2 N–H and O–H groups in total. The molecular weight excluding hydrogens is 270 g/mol. The number of ether oxygens (including phenoxy) is 1. The standard InChI is InChI=1S/C12H25NO5S/c1-9(2)8-10(6-7-19(15,16)17)13-11(14)18-12(3,4)5/h9-10H,6-8H2,1-5H3,(H,13,14)(H,15,16,17)/t10-/m0/s1. The third-order valence-corrected chi connectivity index (χ3v) is 2.95. The second-order valence-corrected chi connectivity index (χ2v) is 7.62. The SMILES string of the molecule is CC(C)C[C@H](CCS(=O)(=O)O)NC(=O)OC(C)(C)C. The minimum atomic E-state index is -4.02. The zero-order chi connectivity index (χ0) is 15.3. The third-order valence-electron chi connectivity index (χ3n) is 2.20. The van der Waals surface area contributed by atoms with E-state index in [0.29, 0.717) is 12.3 Å². The molecule has 1 atom stereocenters. The van der Waals surface area contributed by atoms with Crippen LogP contribution >= 0.6 is 0 Å². The number of rotatable bonds is 6. The van der Waals surface area contributed by atoms with Gasteiger partial charge in [-0.15, -0.1) is 0 Å². The summed E-state index contributed by atoms with van der Waals surface area (Å²) in [5.41, 5.74) is -0.602. The van der Waals surface area contributed by atoms with Crippen molar-refractivity contribution in [2.75, 3.05) is 5.75 Å². The third kappa shape index (κ3) is 12.0. The summed E-state index contributed by atoms with van der Waals surface area (Å²) in [7, 11) is -4.02. The molecule has 6 nitrogen and oxygen atoms in total. The molecular formula is C12H25NO5S. The maximum Gasteiger partial charge on any atom is 0.407 e. The van der Waals surface area contributed by atoms with Gasteiger partial charge in [0, 0.05) is 6.04 Å². The van der Waals surface area contributed by atoms with Crippen LogP contribution in [0.1, 0.15) is 47.5 Å². The first-order valence-corrected chi connectivity index (χ1v) is 7.94. The molecule has 0 spiro atoms. The summed E-state index contributed by atoms with van der Waals surface area (Å²) in [6.07, 6.45) is 0.207. The lowest BCUT2D eigenvalue weighted by Gasteiger charge is -2.24. The molecule has 0 aromatic heterocycles. The Balaban J connectivity index is 4.47. The second kappa shape index (κ2) is 7.09. The van der Waals surface area contributed by atoms with Crippen LogP contribution in [-0.4, -0.2) is 36.5 Å². The monoisotopic (exact) mass is 295 g/mol. The fourth-order valence-corrected chi connectivity index (χ4v) is 2.17. The van der Waals surface area contributed by atoms with Gasteiger partial charge < -0.3 is 10.1 Å². The molecule has 0 saturated heterocycles. The molecule has 0 aromatic carbocycles. The zero-order valence-corrected chi connectivity index (χ0v) is 13.1. The van der Waals surface area contributed by atoms with Gasteiger partial charge in [-0.3, -0.25) is 4.55 Å². The lowest BCUT2D eigenvalue weighted by molar-refractivity contribution is 0.0497. The van der Waals surface area contributed by atoms with Gasteiger partial charge in [-0.25, -0.2) is 4.79 Å². The maximum atomic E-state index is 11.6. The number of hydrogen-bond acceptors (Lipinski definition) is 4. The van der Waals surface area contributed by atoms with E-state index in [4.69, 9.17) is 9.29 Å². The highest BCUT2D eigenvalue weighted by Gasteiger charge is 2.21. The van der Waals surface area contributed by atoms with Crippen molar-refractivity contribution in [2.45, 2.75) is 59.1 Å². The highest BCUT2D eigenvalue weighted by atomic mass is 32.2. The van der Waals surface area contributed by atoms with E-state index in [1.54, 1.807) is 20.8 Å². The van der Waals surface area contributed by atoms with Crippen molar-refractivity contribution in [3.8, 4) is 0 Å². The fraction of sp³-hybridized carbons (Fsp3) is 0.917. The van der Waals surface area contributed by atoms with Gasteiger partial charge in [-0.1, -0.05) is 13.8 Å². The molecule has 1 amide bonds. The molecule has 7 heteroatoms. The predicted octanol–water partition coefficient (Wildman–Crippen LogP) is 2.20. The van der Waals surface area contributed by atoms with Gasteiger partial charge in [0.1, 0.15) is 5.60 Å². The Morgan fingerprint density at radius 1 is 1.32 bits per heavy atom. The van der Waals surface area contributed by atoms with Crippen molar-refractivity contribution in [3.63, 3.8) is 0 Å². The first kappa shape index (κ1) is 18.2. The predicted molar refractivity (Wildman–Crippen MR) is 73.6 cm³/mol. The Hall–Kier alpha value is -0.820. The summed E-state index contributed by atoms with van der Waals surface area (Å²) < 4.78 is 35.4. The van der Waals surface area contributed by atoms with E-state index in [1.165, 1.54) is 0 Å². The molecule has 0 unspecified atom stereocenters. The first-order valence-electron chi connectivity index (χ1n) is 6.34. The van der Waals surface area contributed by atoms with Crippen molar-refractivity contribution in [3.05, 3.63) is 0 Å². The number of carbonyl (C=O) groups is 1. The van der Waals surface area contributed by atoms with Crippen LogP contribution in [0, 0.1) is 5.92 Å². The Kier molecular flexibility index (Phi) is 6.79. The summed E-state index contributed by atoms with van der Waals surface area (Å²) in [5, 5.41) is 2.64. The number of alkyl carbamates (subject to hydrolysis) is 1. The van der Waals surface area contributed by atoms with Crippen LogP contribution < -0.4 is 5.32 Å². The van der Waals surface area contributed by atoms with Gasteiger partial charge in [0.05, 0.1) is 5.75 Å². The average molecular weight is 295 g/mol. The number of nitrogens with one attached hydrogen (secondary N) is 1. The van der Waals surface area contributed by atoms with E-state index < -0.39 is 21.8 Å². The molecule has 0 aromatic rings. The molecule has 0 rings (SSSR count). The number of hydrogen-bond donors (Lipinski definition) is 2. The first-order chi connectivity index (χ1) is 8.39. The van der Waals surface area contributed by atoms with Crippen LogP contribution in [0.4, 0.5) is 4.79 Å². The van der Waals surface area contributed by atoms with Crippen LogP contribution in [0.5, 0.6) is 0 Å². The molecule has 0 aliphatic heterocycles. The normalized spacial score (nSPS) is 14.3. The lowest BCUT2D eigenvalue weighted by Crippen LogP contribution is -2.40. The van der Waals surface area contributed by atoms with Gasteiger partial charge >= 0.3 is 6.09 Å². The molecule has 0 aliphatic rings.